The summed E-state index contributed by atoms with van der Waals surface area (Å²) in [7, 11) is 0. The molecular weight excluding hydrogens is 200 g/mol. The summed E-state index contributed by atoms with van der Waals surface area (Å²) >= 11 is 0. The Hall–Kier alpha value is -2.36. The molecule has 0 fully saturated rings. The number of nitrogens with two attached hydrogens (primary N) is 1. The van der Waals surface area contributed by atoms with Crippen LogP contribution in [0.1, 0.15) is 0 Å². The maximum absolute atomic E-state index is 5.74. The number of anilines is 1. The van der Waals surface area contributed by atoms with Crippen LogP contribution in [0.5, 0.6) is 0 Å². The van der Waals surface area contributed by atoms with Gasteiger partial charge in [-0.25, -0.2) is 9.50 Å². The van der Waals surface area contributed by atoms with Crippen molar-refractivity contribution in [1.82, 2.24) is 14.6 Å². The van der Waals surface area contributed by atoms with E-state index in [9.17, 15) is 0 Å². The van der Waals surface area contributed by atoms with Crippen molar-refractivity contribution in [2.45, 2.75) is 0 Å². The minimum Gasteiger partial charge on any atom is -0.399 e. The molecule has 16 heavy (non-hydrogen) atoms. The molecule has 0 atom stereocenters. The topological polar surface area (TPSA) is 56.2 Å². The lowest BCUT2D eigenvalue weighted by Gasteiger charge is -1.96. The van der Waals surface area contributed by atoms with Gasteiger partial charge in [0.15, 0.2) is 5.65 Å². The molecule has 2 N–H and O–H groups in total. The SMILES string of the molecule is Nc1cccc(-c2cn3ncccc3n2)c1. The van der Waals surface area contributed by atoms with Crippen molar-refractivity contribution in [3.8, 4) is 11.3 Å². The summed E-state index contributed by atoms with van der Waals surface area (Å²) in [6.45, 7) is 0. The first-order valence-corrected chi connectivity index (χ1v) is 4.99. The average Bonchev–Trinajstić information content (AvgIpc) is 2.72. The van der Waals surface area contributed by atoms with Crippen molar-refractivity contribution in [2.24, 2.45) is 0 Å². The zero-order chi connectivity index (χ0) is 11.0. The molecule has 1 aromatic carbocycles. The van der Waals surface area contributed by atoms with Crippen molar-refractivity contribution < 1.29 is 0 Å². The van der Waals surface area contributed by atoms with Gasteiger partial charge in [-0.2, -0.15) is 5.10 Å². The molecule has 3 rings (SSSR count). The Morgan fingerprint density at radius 3 is 2.88 bits per heavy atom. The minimum atomic E-state index is 0.738. The molecule has 78 valence electrons. The summed E-state index contributed by atoms with van der Waals surface area (Å²) in [5.41, 5.74) is 9.20. The van der Waals surface area contributed by atoms with Crippen LogP contribution in [0.2, 0.25) is 0 Å². The number of hydrogen-bond donors (Lipinski definition) is 1. The highest BCUT2D eigenvalue weighted by Crippen LogP contribution is 2.20. The molecule has 0 saturated carbocycles. The fourth-order valence-electron chi connectivity index (χ4n) is 1.67. The Kier molecular flexibility index (Phi) is 1.86. The van der Waals surface area contributed by atoms with E-state index in [4.69, 9.17) is 5.73 Å². The number of nitrogens with zero attached hydrogens (tertiary/aromatic N) is 3. The molecule has 0 spiro atoms. The first-order chi connectivity index (χ1) is 7.83. The van der Waals surface area contributed by atoms with Crippen molar-refractivity contribution in [3.05, 3.63) is 48.8 Å². The van der Waals surface area contributed by atoms with Gasteiger partial charge in [0, 0.05) is 17.4 Å². The fraction of sp³-hybridized carbons (Fsp3) is 0. The molecule has 0 saturated heterocycles. The molecule has 0 radical (unpaired) electrons. The van der Waals surface area contributed by atoms with Crippen molar-refractivity contribution in [1.29, 1.82) is 0 Å². The molecule has 4 heteroatoms. The van der Waals surface area contributed by atoms with E-state index in [2.05, 4.69) is 10.1 Å². The number of fused-ring (bicyclic) bond motifs is 1. The van der Waals surface area contributed by atoms with Crippen LogP contribution in [0.4, 0.5) is 5.69 Å². The first-order valence-electron chi connectivity index (χ1n) is 4.99. The maximum Gasteiger partial charge on any atom is 0.154 e. The van der Waals surface area contributed by atoms with Crippen LogP contribution in [0, 0.1) is 0 Å². The Morgan fingerprint density at radius 1 is 1.12 bits per heavy atom. The highest BCUT2D eigenvalue weighted by molar-refractivity contribution is 5.65. The van der Waals surface area contributed by atoms with Gasteiger partial charge in [0.1, 0.15) is 0 Å². The third-order valence-electron chi connectivity index (χ3n) is 2.42. The third kappa shape index (κ3) is 1.40. The van der Waals surface area contributed by atoms with Crippen LogP contribution < -0.4 is 5.73 Å². The van der Waals surface area contributed by atoms with Gasteiger partial charge >= 0.3 is 0 Å². The number of hydrogen-bond acceptors (Lipinski definition) is 3. The van der Waals surface area contributed by atoms with Gasteiger partial charge in [0.25, 0.3) is 0 Å². The van der Waals surface area contributed by atoms with Crippen LogP contribution in [-0.2, 0) is 0 Å². The molecule has 0 bridgehead atoms. The number of rotatable bonds is 1. The molecule has 3 aromatic rings. The van der Waals surface area contributed by atoms with Crippen LogP contribution in [-0.4, -0.2) is 14.6 Å². The van der Waals surface area contributed by atoms with Crippen molar-refractivity contribution in [3.63, 3.8) is 0 Å². The fourth-order valence-corrected chi connectivity index (χ4v) is 1.67. The maximum atomic E-state index is 5.74. The monoisotopic (exact) mass is 210 g/mol. The van der Waals surface area contributed by atoms with Crippen LogP contribution in [0.3, 0.4) is 0 Å². The zero-order valence-electron chi connectivity index (χ0n) is 8.54. The highest BCUT2D eigenvalue weighted by atomic mass is 15.2. The summed E-state index contributed by atoms with van der Waals surface area (Å²) < 4.78 is 1.75. The molecule has 0 unspecified atom stereocenters. The molecule has 2 aromatic heterocycles. The molecule has 0 aliphatic heterocycles. The zero-order valence-corrected chi connectivity index (χ0v) is 8.54. The lowest BCUT2D eigenvalue weighted by Crippen LogP contribution is -1.85. The van der Waals surface area contributed by atoms with Gasteiger partial charge in [-0.3, -0.25) is 0 Å². The molecule has 2 heterocycles. The lowest BCUT2D eigenvalue weighted by molar-refractivity contribution is 0.936. The lowest BCUT2D eigenvalue weighted by atomic mass is 10.1. The third-order valence-corrected chi connectivity index (χ3v) is 2.42. The highest BCUT2D eigenvalue weighted by Gasteiger charge is 2.04. The van der Waals surface area contributed by atoms with Crippen molar-refractivity contribution in [2.75, 3.05) is 5.73 Å². The first kappa shape index (κ1) is 8.91. The van der Waals surface area contributed by atoms with Crippen LogP contribution >= 0.6 is 0 Å². The summed E-state index contributed by atoms with van der Waals surface area (Å²) in [4.78, 5) is 4.47. The predicted molar refractivity (Wildman–Crippen MR) is 62.8 cm³/mol. The van der Waals surface area contributed by atoms with Gasteiger partial charge in [-0.15, -0.1) is 0 Å². The molecule has 0 aliphatic rings. The minimum absolute atomic E-state index is 0.738. The normalized spacial score (nSPS) is 10.8. The Morgan fingerprint density at radius 2 is 2.06 bits per heavy atom. The van der Waals surface area contributed by atoms with Gasteiger partial charge in [0.05, 0.1) is 11.9 Å². The van der Waals surface area contributed by atoms with Gasteiger partial charge in [-0.05, 0) is 24.3 Å². The van der Waals surface area contributed by atoms with Gasteiger partial charge in [0.2, 0.25) is 0 Å². The van der Waals surface area contributed by atoms with E-state index < -0.39 is 0 Å². The second kappa shape index (κ2) is 3.34. The second-order valence-corrected chi connectivity index (χ2v) is 3.58. The van der Waals surface area contributed by atoms with Crippen LogP contribution in [0.15, 0.2) is 48.8 Å². The standard InChI is InChI=1S/C12H10N4/c13-10-4-1-3-9(7-10)11-8-16-12(15-11)5-2-6-14-16/h1-8H,13H2. The predicted octanol–water partition coefficient (Wildman–Crippen LogP) is 1.98. The van der Waals surface area contributed by atoms with E-state index in [0.29, 0.717) is 0 Å². The van der Waals surface area contributed by atoms with E-state index in [1.807, 2.05) is 42.6 Å². The van der Waals surface area contributed by atoms with E-state index in [1.54, 1.807) is 10.7 Å². The number of aromatic nitrogens is 3. The van der Waals surface area contributed by atoms with E-state index in [1.165, 1.54) is 0 Å². The van der Waals surface area contributed by atoms with Crippen molar-refractivity contribution >= 4 is 11.3 Å². The quantitative estimate of drug-likeness (QED) is 0.625. The largest absolute Gasteiger partial charge is 0.399 e. The average molecular weight is 210 g/mol. The number of benzene rings is 1. The summed E-state index contributed by atoms with van der Waals surface area (Å²) in [6.07, 6.45) is 3.63. The van der Waals surface area contributed by atoms with E-state index in [-0.39, 0.29) is 0 Å². The van der Waals surface area contributed by atoms with E-state index >= 15 is 0 Å². The van der Waals surface area contributed by atoms with Gasteiger partial charge in [-0.1, -0.05) is 12.1 Å². The Balaban J connectivity index is 2.19. The number of nitrogen functional groups attached to an aromatic ring is 1. The molecular formula is C12H10N4. The summed E-state index contributed by atoms with van der Waals surface area (Å²) in [6, 6.07) is 11.5. The molecule has 0 amide bonds. The van der Waals surface area contributed by atoms with E-state index in [0.717, 1.165) is 22.6 Å². The smallest absolute Gasteiger partial charge is 0.154 e. The second-order valence-electron chi connectivity index (χ2n) is 3.58. The Labute approximate surface area is 92.4 Å². The summed E-state index contributed by atoms with van der Waals surface area (Å²) in [5.74, 6) is 0. The molecule has 4 nitrogen and oxygen atoms in total. The van der Waals surface area contributed by atoms with Crippen LogP contribution in [0.25, 0.3) is 16.9 Å². The number of imidazole rings is 1. The Bertz CT molecular complexity index is 609. The van der Waals surface area contributed by atoms with Gasteiger partial charge < -0.3 is 5.73 Å². The molecule has 0 aliphatic carbocycles. The summed E-state index contributed by atoms with van der Waals surface area (Å²) in [5, 5.41) is 4.17.